The summed E-state index contributed by atoms with van der Waals surface area (Å²) in [4.78, 5) is 32.7. The summed E-state index contributed by atoms with van der Waals surface area (Å²) in [5.74, 6) is 0.0273. The molecule has 9 nitrogen and oxygen atoms in total. The lowest BCUT2D eigenvalue weighted by Crippen LogP contribution is -2.49. The number of ether oxygens (including phenoxy) is 1. The molecule has 1 amide bonds. The van der Waals surface area contributed by atoms with Gasteiger partial charge in [0.2, 0.25) is 0 Å². The van der Waals surface area contributed by atoms with E-state index in [0.717, 1.165) is 47.0 Å². The van der Waals surface area contributed by atoms with Gasteiger partial charge in [-0.15, -0.1) is 5.10 Å². The summed E-state index contributed by atoms with van der Waals surface area (Å²) in [6, 6.07) is 15.1. The number of aryl methyl sites for hydroxylation is 1. The highest BCUT2D eigenvalue weighted by Gasteiger charge is 2.30. The van der Waals surface area contributed by atoms with Crippen LogP contribution in [-0.2, 0) is 16.6 Å². The fourth-order valence-corrected chi connectivity index (χ4v) is 4.80. The molecular formula is C29H30N6O3. The summed E-state index contributed by atoms with van der Waals surface area (Å²) < 4.78 is 6.71. The molecular weight excluding hydrogens is 480 g/mol. The van der Waals surface area contributed by atoms with Crippen molar-refractivity contribution in [3.05, 3.63) is 78.1 Å². The van der Waals surface area contributed by atoms with E-state index in [0.29, 0.717) is 24.5 Å². The Balaban J connectivity index is 1.57. The number of benzene rings is 2. The van der Waals surface area contributed by atoms with Crippen LogP contribution in [0.25, 0.3) is 28.1 Å². The second kappa shape index (κ2) is 11.4. The topological polar surface area (TPSA) is 102 Å². The predicted octanol–water partition coefficient (Wildman–Crippen LogP) is 4.01. The number of aromatic nitrogens is 4. The van der Waals surface area contributed by atoms with Gasteiger partial charge in [-0.05, 0) is 61.5 Å². The fraction of sp³-hybridized carbons (Fsp3) is 0.276. The van der Waals surface area contributed by atoms with Gasteiger partial charge in [-0.1, -0.05) is 35.5 Å². The minimum Gasteiger partial charge on any atom is -0.463 e. The Morgan fingerprint density at radius 3 is 2.74 bits per heavy atom. The summed E-state index contributed by atoms with van der Waals surface area (Å²) in [6.07, 6.45) is 8.51. The molecule has 1 N–H and O–H groups in total. The predicted molar refractivity (Wildman–Crippen MR) is 147 cm³/mol. The average Bonchev–Trinajstić information content (AvgIpc) is 3.39. The van der Waals surface area contributed by atoms with Gasteiger partial charge >= 0.3 is 5.97 Å². The Labute approximate surface area is 221 Å². The zero-order valence-electron chi connectivity index (χ0n) is 21.5. The number of anilines is 1. The first-order chi connectivity index (χ1) is 18.5. The number of carbonyl (C=O) groups is 2. The molecule has 1 atom stereocenters. The van der Waals surface area contributed by atoms with Crippen LogP contribution in [0.2, 0.25) is 0 Å². The van der Waals surface area contributed by atoms with E-state index < -0.39 is 5.97 Å². The molecule has 1 aliphatic rings. The monoisotopic (exact) mass is 510 g/mol. The number of fused-ring (bicyclic) bond motifs is 1. The molecule has 4 aromatic rings. The molecule has 3 heterocycles. The van der Waals surface area contributed by atoms with E-state index in [9.17, 15) is 9.59 Å². The van der Waals surface area contributed by atoms with E-state index in [-0.39, 0.29) is 11.9 Å². The zero-order chi connectivity index (χ0) is 26.5. The molecule has 0 radical (unpaired) electrons. The Hall–Kier alpha value is -4.37. The third kappa shape index (κ3) is 5.33. The smallest absolute Gasteiger partial charge is 0.330 e. The van der Waals surface area contributed by atoms with Crippen molar-refractivity contribution in [3.8, 4) is 11.3 Å². The summed E-state index contributed by atoms with van der Waals surface area (Å²) in [6.45, 7) is 3.66. The highest BCUT2D eigenvalue weighted by molar-refractivity contribution is 6.12. The van der Waals surface area contributed by atoms with Crippen LogP contribution in [0.15, 0.2) is 67.0 Å². The number of pyridine rings is 1. The van der Waals surface area contributed by atoms with E-state index in [1.807, 2.05) is 66.7 Å². The lowest BCUT2D eigenvalue weighted by molar-refractivity contribution is -0.137. The molecule has 0 aliphatic carbocycles. The molecule has 2 aromatic heterocycles. The van der Waals surface area contributed by atoms with E-state index in [1.165, 1.54) is 6.08 Å². The van der Waals surface area contributed by atoms with E-state index in [4.69, 9.17) is 9.72 Å². The first kappa shape index (κ1) is 25.3. The van der Waals surface area contributed by atoms with E-state index in [2.05, 4.69) is 15.6 Å². The second-order valence-corrected chi connectivity index (χ2v) is 9.20. The van der Waals surface area contributed by atoms with Crippen LogP contribution < -0.4 is 10.2 Å². The number of nitrogens with zero attached hydrogens (tertiary/aromatic N) is 5. The lowest BCUT2D eigenvalue weighted by atomic mass is 10.00. The van der Waals surface area contributed by atoms with Gasteiger partial charge in [0.25, 0.3) is 5.91 Å². The summed E-state index contributed by atoms with van der Waals surface area (Å²) >= 11 is 0. The Bertz CT molecular complexity index is 1470. The molecule has 0 bridgehead atoms. The zero-order valence-corrected chi connectivity index (χ0v) is 21.5. The maximum absolute atomic E-state index is 14.1. The van der Waals surface area contributed by atoms with Crippen LogP contribution in [0.4, 0.5) is 5.82 Å². The number of piperidine rings is 1. The first-order valence-electron chi connectivity index (χ1n) is 12.8. The summed E-state index contributed by atoms with van der Waals surface area (Å²) in [7, 11) is 1.82. The molecule has 1 fully saturated rings. The van der Waals surface area contributed by atoms with Crippen molar-refractivity contribution in [3.63, 3.8) is 0 Å². The summed E-state index contributed by atoms with van der Waals surface area (Å²) in [5.41, 5.74) is 2.98. The van der Waals surface area contributed by atoms with Gasteiger partial charge in [0.15, 0.2) is 0 Å². The Morgan fingerprint density at radius 2 is 2.03 bits per heavy atom. The molecule has 38 heavy (non-hydrogen) atoms. The van der Waals surface area contributed by atoms with Crippen molar-refractivity contribution < 1.29 is 14.3 Å². The standard InChI is InChI=1S/C29H30N6O3/c1-3-38-26(36)14-13-21-6-4-7-22-15-17-31-28(27(21)22)35(24-8-5-16-30-18-24)29(37)23-11-9-20(10-12-23)25-19-34(2)33-32-25/h4,6-7,9-15,17,19,24,30H,3,5,8,16,18H2,1-2H3/b14-13-/t24-/m1/s1. The van der Waals surface area contributed by atoms with Crippen LogP contribution >= 0.6 is 0 Å². The second-order valence-electron chi connectivity index (χ2n) is 9.20. The van der Waals surface area contributed by atoms with Gasteiger partial charge < -0.3 is 10.1 Å². The fourth-order valence-electron chi connectivity index (χ4n) is 4.80. The number of rotatable bonds is 7. The van der Waals surface area contributed by atoms with Crippen LogP contribution in [0.3, 0.4) is 0 Å². The number of hydrogen-bond acceptors (Lipinski definition) is 7. The minimum atomic E-state index is -0.414. The number of esters is 1. The summed E-state index contributed by atoms with van der Waals surface area (Å²) in [5, 5.41) is 13.3. The molecule has 194 valence electrons. The molecule has 5 rings (SSSR count). The van der Waals surface area contributed by atoms with Crippen molar-refractivity contribution in [1.29, 1.82) is 0 Å². The number of amides is 1. The van der Waals surface area contributed by atoms with Crippen LogP contribution in [-0.4, -0.2) is 57.6 Å². The molecule has 0 spiro atoms. The maximum atomic E-state index is 14.1. The third-order valence-corrected chi connectivity index (χ3v) is 6.60. The highest BCUT2D eigenvalue weighted by Crippen LogP contribution is 2.32. The molecule has 1 aliphatic heterocycles. The maximum Gasteiger partial charge on any atom is 0.330 e. The Morgan fingerprint density at radius 1 is 1.18 bits per heavy atom. The molecule has 0 unspecified atom stereocenters. The SMILES string of the molecule is CCOC(=O)/C=C\c1cccc2ccnc(N(C(=O)c3ccc(-c4cn(C)nn4)cc3)[C@@H]3CCCNC3)c12. The van der Waals surface area contributed by atoms with Crippen molar-refractivity contribution in [2.24, 2.45) is 7.05 Å². The normalized spacial score (nSPS) is 15.6. The van der Waals surface area contributed by atoms with Crippen molar-refractivity contribution in [2.75, 3.05) is 24.6 Å². The highest BCUT2D eigenvalue weighted by atomic mass is 16.5. The van der Waals surface area contributed by atoms with Crippen molar-refractivity contribution in [2.45, 2.75) is 25.8 Å². The number of hydrogen-bond donors (Lipinski definition) is 1. The molecule has 1 saturated heterocycles. The van der Waals surface area contributed by atoms with Gasteiger partial charge in [-0.3, -0.25) is 14.4 Å². The largest absolute Gasteiger partial charge is 0.463 e. The van der Waals surface area contributed by atoms with Gasteiger partial charge in [0.05, 0.1) is 18.8 Å². The Kier molecular flexibility index (Phi) is 7.55. The van der Waals surface area contributed by atoms with E-state index in [1.54, 1.807) is 23.9 Å². The molecule has 0 saturated carbocycles. The van der Waals surface area contributed by atoms with Crippen LogP contribution in [0, 0.1) is 0 Å². The van der Waals surface area contributed by atoms with Gasteiger partial charge in [0, 0.05) is 42.4 Å². The molecule has 2 aromatic carbocycles. The average molecular weight is 511 g/mol. The molecule has 9 heteroatoms. The van der Waals surface area contributed by atoms with Gasteiger partial charge in [0.1, 0.15) is 11.5 Å². The quantitative estimate of drug-likeness (QED) is 0.296. The van der Waals surface area contributed by atoms with Crippen LogP contribution in [0.1, 0.15) is 35.7 Å². The van der Waals surface area contributed by atoms with Crippen molar-refractivity contribution in [1.82, 2.24) is 25.3 Å². The number of nitrogens with one attached hydrogen (secondary N) is 1. The number of carbonyl (C=O) groups excluding carboxylic acids is 2. The van der Waals surface area contributed by atoms with Crippen LogP contribution in [0.5, 0.6) is 0 Å². The van der Waals surface area contributed by atoms with E-state index >= 15 is 0 Å². The minimum absolute atomic E-state index is 0.0730. The lowest BCUT2D eigenvalue weighted by Gasteiger charge is -2.35. The van der Waals surface area contributed by atoms with Gasteiger partial charge in [-0.25, -0.2) is 9.78 Å². The third-order valence-electron chi connectivity index (χ3n) is 6.60. The van der Waals surface area contributed by atoms with Crippen molar-refractivity contribution >= 4 is 34.5 Å². The van der Waals surface area contributed by atoms with Gasteiger partial charge in [-0.2, -0.15) is 0 Å². The first-order valence-corrected chi connectivity index (χ1v) is 12.8.